The molecule has 3 aromatic rings. The molecule has 0 saturated heterocycles. The normalized spacial score (nSPS) is 10.9. The smallest absolute Gasteiger partial charge is 0.147 e. The van der Waals surface area contributed by atoms with E-state index in [4.69, 9.17) is 4.74 Å². The molecule has 0 atom stereocenters. The van der Waals surface area contributed by atoms with Crippen LogP contribution in [0, 0.1) is 0 Å². The summed E-state index contributed by atoms with van der Waals surface area (Å²) >= 11 is 0. The fourth-order valence-electron chi connectivity index (χ4n) is 2.18. The van der Waals surface area contributed by atoms with E-state index in [9.17, 15) is 5.11 Å². The molecular weight excluding hydrogens is 252 g/mol. The van der Waals surface area contributed by atoms with Crippen molar-refractivity contribution in [2.24, 2.45) is 7.05 Å². The highest BCUT2D eigenvalue weighted by Gasteiger charge is 2.08. The lowest BCUT2D eigenvalue weighted by Gasteiger charge is -2.06. The Morgan fingerprint density at radius 3 is 2.70 bits per heavy atom. The van der Waals surface area contributed by atoms with Gasteiger partial charge in [-0.1, -0.05) is 24.3 Å². The van der Waals surface area contributed by atoms with Gasteiger partial charge in [0.25, 0.3) is 0 Å². The van der Waals surface area contributed by atoms with Gasteiger partial charge in [0.1, 0.15) is 18.2 Å². The Balaban J connectivity index is 1.86. The van der Waals surface area contributed by atoms with E-state index in [1.165, 1.54) is 0 Å². The second kappa shape index (κ2) is 5.35. The molecule has 0 saturated carbocycles. The molecular formula is C16H16N2O2. The van der Waals surface area contributed by atoms with Crippen LogP contribution in [0.15, 0.2) is 48.5 Å². The first-order valence-corrected chi connectivity index (χ1v) is 6.51. The number of fused-ring (bicyclic) bond motifs is 1. The number of benzene rings is 2. The Kier molecular flexibility index (Phi) is 3.39. The molecule has 0 radical (unpaired) electrons. The van der Waals surface area contributed by atoms with Gasteiger partial charge in [0.05, 0.1) is 17.6 Å². The average Bonchev–Trinajstić information content (AvgIpc) is 2.82. The standard InChI is InChI=1S/C16H16N2O2/c1-18-15-9-12(10-19)7-8-14(15)17-16(18)11-20-13-5-3-2-4-6-13/h2-9,19H,10-11H2,1H3. The largest absolute Gasteiger partial charge is 0.486 e. The first-order chi connectivity index (χ1) is 9.78. The molecule has 0 aliphatic heterocycles. The van der Waals surface area contributed by atoms with E-state index in [-0.39, 0.29) is 6.61 Å². The van der Waals surface area contributed by atoms with Crippen LogP contribution in [-0.2, 0) is 20.3 Å². The van der Waals surface area contributed by atoms with Crippen LogP contribution in [0.4, 0.5) is 0 Å². The van der Waals surface area contributed by atoms with E-state index in [2.05, 4.69) is 4.98 Å². The lowest BCUT2D eigenvalue weighted by Crippen LogP contribution is -2.03. The van der Waals surface area contributed by atoms with Gasteiger partial charge in [0, 0.05) is 7.05 Å². The third-order valence-corrected chi connectivity index (χ3v) is 3.33. The lowest BCUT2D eigenvalue weighted by molar-refractivity contribution is 0.282. The van der Waals surface area contributed by atoms with Crippen LogP contribution in [0.3, 0.4) is 0 Å². The Bertz CT molecular complexity index is 720. The van der Waals surface area contributed by atoms with Gasteiger partial charge in [-0.15, -0.1) is 0 Å². The number of ether oxygens (including phenoxy) is 1. The summed E-state index contributed by atoms with van der Waals surface area (Å²) in [5.74, 6) is 1.69. The molecule has 3 rings (SSSR count). The minimum atomic E-state index is 0.0387. The predicted molar refractivity (Wildman–Crippen MR) is 77.4 cm³/mol. The molecule has 1 heterocycles. The maximum Gasteiger partial charge on any atom is 0.147 e. The minimum absolute atomic E-state index is 0.0387. The Morgan fingerprint density at radius 2 is 1.95 bits per heavy atom. The summed E-state index contributed by atoms with van der Waals surface area (Å²) in [4.78, 5) is 4.56. The molecule has 0 aliphatic rings. The fourth-order valence-corrected chi connectivity index (χ4v) is 2.18. The highest BCUT2D eigenvalue weighted by atomic mass is 16.5. The monoisotopic (exact) mass is 268 g/mol. The summed E-state index contributed by atoms with van der Waals surface area (Å²) in [6, 6.07) is 15.4. The number of aliphatic hydroxyl groups excluding tert-OH is 1. The molecule has 0 spiro atoms. The van der Waals surface area contributed by atoms with Gasteiger partial charge in [-0.25, -0.2) is 4.98 Å². The average molecular weight is 268 g/mol. The van der Waals surface area contributed by atoms with Crippen molar-refractivity contribution in [1.82, 2.24) is 9.55 Å². The van der Waals surface area contributed by atoms with Crippen molar-refractivity contribution >= 4 is 11.0 Å². The van der Waals surface area contributed by atoms with Gasteiger partial charge in [-0.2, -0.15) is 0 Å². The van der Waals surface area contributed by atoms with Crippen molar-refractivity contribution in [3.05, 3.63) is 59.9 Å². The summed E-state index contributed by atoms with van der Waals surface area (Å²) in [5, 5.41) is 9.19. The Morgan fingerprint density at radius 1 is 1.15 bits per heavy atom. The molecule has 20 heavy (non-hydrogen) atoms. The van der Waals surface area contributed by atoms with Crippen LogP contribution < -0.4 is 4.74 Å². The highest BCUT2D eigenvalue weighted by Crippen LogP contribution is 2.18. The van der Waals surface area contributed by atoms with Crippen LogP contribution in [0.1, 0.15) is 11.4 Å². The number of para-hydroxylation sites is 1. The summed E-state index contributed by atoms with van der Waals surface area (Å²) in [6.45, 7) is 0.459. The van der Waals surface area contributed by atoms with E-state index in [1.807, 2.05) is 60.1 Å². The zero-order chi connectivity index (χ0) is 13.9. The van der Waals surface area contributed by atoms with Gasteiger partial charge < -0.3 is 14.4 Å². The third-order valence-electron chi connectivity index (χ3n) is 3.33. The molecule has 1 N–H and O–H groups in total. The number of aryl methyl sites for hydroxylation is 1. The van der Waals surface area contributed by atoms with E-state index in [0.717, 1.165) is 28.2 Å². The lowest BCUT2D eigenvalue weighted by atomic mass is 10.2. The number of aliphatic hydroxyl groups is 1. The molecule has 0 aliphatic carbocycles. The SMILES string of the molecule is Cn1c(COc2ccccc2)nc2ccc(CO)cc21. The molecule has 102 valence electrons. The molecule has 0 unspecified atom stereocenters. The van der Waals surface area contributed by atoms with Gasteiger partial charge in [0.2, 0.25) is 0 Å². The maximum absolute atomic E-state index is 9.19. The number of rotatable bonds is 4. The minimum Gasteiger partial charge on any atom is -0.486 e. The van der Waals surface area contributed by atoms with E-state index < -0.39 is 0 Å². The topological polar surface area (TPSA) is 47.3 Å². The summed E-state index contributed by atoms with van der Waals surface area (Å²) in [6.07, 6.45) is 0. The van der Waals surface area contributed by atoms with Gasteiger partial charge >= 0.3 is 0 Å². The maximum atomic E-state index is 9.19. The van der Waals surface area contributed by atoms with Crippen molar-refractivity contribution in [1.29, 1.82) is 0 Å². The summed E-state index contributed by atoms with van der Waals surface area (Å²) < 4.78 is 7.72. The second-order valence-electron chi connectivity index (χ2n) is 4.67. The molecule has 4 nitrogen and oxygen atoms in total. The van der Waals surface area contributed by atoms with E-state index in [0.29, 0.717) is 6.61 Å². The van der Waals surface area contributed by atoms with Crippen molar-refractivity contribution in [2.45, 2.75) is 13.2 Å². The van der Waals surface area contributed by atoms with Crippen molar-refractivity contribution in [2.75, 3.05) is 0 Å². The first-order valence-electron chi connectivity index (χ1n) is 6.51. The number of imidazole rings is 1. The van der Waals surface area contributed by atoms with Crippen LogP contribution in [0.2, 0.25) is 0 Å². The molecule has 0 bridgehead atoms. The number of aromatic nitrogens is 2. The molecule has 0 fully saturated rings. The molecule has 4 heteroatoms. The van der Waals surface area contributed by atoms with Crippen molar-refractivity contribution in [3.8, 4) is 5.75 Å². The van der Waals surface area contributed by atoms with Gasteiger partial charge in [-0.05, 0) is 29.8 Å². The van der Waals surface area contributed by atoms with Crippen LogP contribution in [0.5, 0.6) is 5.75 Å². The zero-order valence-corrected chi connectivity index (χ0v) is 11.3. The third kappa shape index (κ3) is 2.38. The quantitative estimate of drug-likeness (QED) is 0.791. The van der Waals surface area contributed by atoms with Gasteiger partial charge in [0.15, 0.2) is 0 Å². The van der Waals surface area contributed by atoms with Crippen LogP contribution >= 0.6 is 0 Å². The predicted octanol–water partition coefficient (Wildman–Crippen LogP) is 2.64. The summed E-state index contributed by atoms with van der Waals surface area (Å²) in [5.41, 5.74) is 2.80. The Labute approximate surface area is 117 Å². The van der Waals surface area contributed by atoms with Crippen molar-refractivity contribution < 1.29 is 9.84 Å². The highest BCUT2D eigenvalue weighted by molar-refractivity contribution is 5.76. The number of hydrogen-bond donors (Lipinski definition) is 1. The first kappa shape index (κ1) is 12.7. The van der Waals surface area contributed by atoms with E-state index >= 15 is 0 Å². The van der Waals surface area contributed by atoms with E-state index in [1.54, 1.807) is 0 Å². The molecule has 2 aromatic carbocycles. The molecule has 1 aromatic heterocycles. The van der Waals surface area contributed by atoms with Gasteiger partial charge in [-0.3, -0.25) is 0 Å². The second-order valence-corrected chi connectivity index (χ2v) is 4.67. The number of nitrogens with zero attached hydrogens (tertiary/aromatic N) is 2. The van der Waals surface area contributed by atoms with Crippen LogP contribution in [0.25, 0.3) is 11.0 Å². The molecule has 0 amide bonds. The fraction of sp³-hybridized carbons (Fsp3) is 0.188. The number of hydrogen-bond acceptors (Lipinski definition) is 3. The summed E-state index contributed by atoms with van der Waals surface area (Å²) in [7, 11) is 1.96. The van der Waals surface area contributed by atoms with Crippen molar-refractivity contribution in [3.63, 3.8) is 0 Å². The van der Waals surface area contributed by atoms with Crippen LogP contribution in [-0.4, -0.2) is 14.7 Å². The Hall–Kier alpha value is -2.33. The zero-order valence-electron chi connectivity index (χ0n) is 11.3.